The van der Waals surface area contributed by atoms with E-state index in [-0.39, 0.29) is 5.91 Å². The Morgan fingerprint density at radius 3 is 2.09 bits per heavy atom. The second-order valence-electron chi connectivity index (χ2n) is 5.08. The maximum atomic E-state index is 12.4. The summed E-state index contributed by atoms with van der Waals surface area (Å²) in [6.07, 6.45) is 4.44. The van der Waals surface area contributed by atoms with Crippen molar-refractivity contribution < 1.29 is 24.2 Å². The number of carboxylic acid groups (broad SMARTS) is 1. The molecular weight excluding hydrogens is 286 g/mol. The van der Waals surface area contributed by atoms with Crippen LogP contribution in [0.25, 0.3) is 0 Å². The number of anilines is 1. The molecule has 1 aliphatic rings. The first-order valence-corrected chi connectivity index (χ1v) is 6.97. The van der Waals surface area contributed by atoms with E-state index >= 15 is 0 Å². The second-order valence-corrected chi connectivity index (χ2v) is 5.08. The van der Waals surface area contributed by atoms with Crippen LogP contribution in [0, 0.1) is 11.8 Å². The molecule has 0 radical (unpaired) electrons. The molecule has 0 saturated heterocycles. The number of hydrogen-bond donors (Lipinski definition) is 2. The number of allylic oxidation sites excluding steroid dienone is 2. The summed E-state index contributed by atoms with van der Waals surface area (Å²) in [6, 6.07) is 5.02. The zero-order chi connectivity index (χ0) is 16.1. The summed E-state index contributed by atoms with van der Waals surface area (Å²) in [5.41, 5.74) is 0.514. The van der Waals surface area contributed by atoms with Crippen LogP contribution in [0.3, 0.4) is 0 Å². The van der Waals surface area contributed by atoms with Crippen LogP contribution in [0.15, 0.2) is 30.4 Å². The molecule has 6 nitrogen and oxygen atoms in total. The van der Waals surface area contributed by atoms with Crippen LogP contribution in [0.1, 0.15) is 12.8 Å². The van der Waals surface area contributed by atoms with E-state index in [4.69, 9.17) is 9.47 Å². The Labute approximate surface area is 128 Å². The van der Waals surface area contributed by atoms with E-state index < -0.39 is 17.8 Å². The fourth-order valence-corrected chi connectivity index (χ4v) is 2.49. The molecule has 0 aliphatic heterocycles. The van der Waals surface area contributed by atoms with Gasteiger partial charge in [0.1, 0.15) is 11.5 Å². The van der Waals surface area contributed by atoms with Crippen LogP contribution in [0.4, 0.5) is 5.69 Å². The van der Waals surface area contributed by atoms with Crippen LogP contribution in [0.5, 0.6) is 11.5 Å². The van der Waals surface area contributed by atoms with E-state index in [1.54, 1.807) is 24.3 Å². The van der Waals surface area contributed by atoms with Crippen LogP contribution in [-0.4, -0.2) is 31.2 Å². The number of methoxy groups -OCH3 is 2. The van der Waals surface area contributed by atoms with Gasteiger partial charge in [-0.1, -0.05) is 12.2 Å². The highest BCUT2D eigenvalue weighted by Gasteiger charge is 2.34. The van der Waals surface area contributed by atoms with Gasteiger partial charge in [-0.25, -0.2) is 0 Å². The van der Waals surface area contributed by atoms with Gasteiger partial charge in [0.15, 0.2) is 0 Å². The van der Waals surface area contributed by atoms with Gasteiger partial charge in [-0.2, -0.15) is 0 Å². The third-order valence-electron chi connectivity index (χ3n) is 3.71. The lowest BCUT2D eigenvalue weighted by atomic mass is 9.82. The largest absolute Gasteiger partial charge is 0.497 e. The Morgan fingerprint density at radius 1 is 1.05 bits per heavy atom. The minimum atomic E-state index is -0.951. The molecule has 0 fully saturated rings. The van der Waals surface area contributed by atoms with Gasteiger partial charge < -0.3 is 19.9 Å². The standard InChI is InChI=1S/C16H19NO5/c1-21-11-7-10(8-12(9-11)22-2)17-15(18)13-5-3-4-6-14(13)16(19)20/h3-4,7-9,13-14H,5-6H2,1-2H3,(H,17,18)(H,19,20). The number of carbonyl (C=O) groups excluding carboxylic acids is 1. The van der Waals surface area contributed by atoms with Crippen molar-refractivity contribution in [2.24, 2.45) is 11.8 Å². The molecule has 0 saturated carbocycles. The summed E-state index contributed by atoms with van der Waals surface area (Å²) in [5, 5.41) is 12.0. The zero-order valence-electron chi connectivity index (χ0n) is 12.5. The van der Waals surface area contributed by atoms with E-state index in [9.17, 15) is 14.7 Å². The molecule has 0 heterocycles. The molecule has 2 atom stereocenters. The topological polar surface area (TPSA) is 84.9 Å². The highest BCUT2D eigenvalue weighted by atomic mass is 16.5. The molecule has 0 spiro atoms. The Hall–Kier alpha value is -2.50. The first kappa shape index (κ1) is 15.9. The lowest BCUT2D eigenvalue weighted by Crippen LogP contribution is -2.34. The van der Waals surface area contributed by atoms with Gasteiger partial charge in [-0.3, -0.25) is 9.59 Å². The molecule has 6 heteroatoms. The minimum absolute atomic E-state index is 0.313. The highest BCUT2D eigenvalue weighted by Crippen LogP contribution is 2.29. The number of hydrogen-bond acceptors (Lipinski definition) is 4. The number of amides is 1. The lowest BCUT2D eigenvalue weighted by Gasteiger charge is -2.24. The van der Waals surface area contributed by atoms with Gasteiger partial charge in [0.25, 0.3) is 0 Å². The van der Waals surface area contributed by atoms with Crippen molar-refractivity contribution in [1.29, 1.82) is 0 Å². The van der Waals surface area contributed by atoms with E-state index in [2.05, 4.69) is 5.32 Å². The van der Waals surface area contributed by atoms with E-state index in [1.807, 2.05) is 6.08 Å². The Bertz CT molecular complexity index is 574. The average molecular weight is 305 g/mol. The molecule has 2 rings (SSSR count). The molecule has 0 bridgehead atoms. The average Bonchev–Trinajstić information content (AvgIpc) is 2.54. The van der Waals surface area contributed by atoms with E-state index in [0.717, 1.165) is 0 Å². The monoisotopic (exact) mass is 305 g/mol. The summed E-state index contributed by atoms with van der Waals surface area (Å²) in [6.45, 7) is 0. The fourth-order valence-electron chi connectivity index (χ4n) is 2.49. The van der Waals surface area contributed by atoms with Crippen molar-refractivity contribution in [3.63, 3.8) is 0 Å². The molecular formula is C16H19NO5. The van der Waals surface area contributed by atoms with Crippen LogP contribution in [-0.2, 0) is 9.59 Å². The number of benzene rings is 1. The Balaban J connectivity index is 2.17. The van der Waals surface area contributed by atoms with Crippen LogP contribution < -0.4 is 14.8 Å². The highest BCUT2D eigenvalue weighted by molar-refractivity contribution is 5.95. The molecule has 0 aromatic heterocycles. The molecule has 2 N–H and O–H groups in total. The number of carboxylic acids is 1. The second kappa shape index (κ2) is 6.98. The van der Waals surface area contributed by atoms with Crippen molar-refractivity contribution in [2.75, 3.05) is 19.5 Å². The summed E-state index contributed by atoms with van der Waals surface area (Å²) in [7, 11) is 3.04. The summed E-state index contributed by atoms with van der Waals surface area (Å²) in [5.74, 6) is -1.45. The lowest BCUT2D eigenvalue weighted by molar-refractivity contribution is -0.146. The van der Waals surface area contributed by atoms with E-state index in [1.165, 1.54) is 14.2 Å². The third-order valence-corrected chi connectivity index (χ3v) is 3.71. The van der Waals surface area contributed by atoms with Crippen LogP contribution >= 0.6 is 0 Å². The quantitative estimate of drug-likeness (QED) is 0.815. The maximum Gasteiger partial charge on any atom is 0.307 e. The van der Waals surface area contributed by atoms with Gasteiger partial charge >= 0.3 is 5.97 Å². The fraction of sp³-hybridized carbons (Fsp3) is 0.375. The van der Waals surface area contributed by atoms with Crippen LogP contribution in [0.2, 0.25) is 0 Å². The Morgan fingerprint density at radius 2 is 1.59 bits per heavy atom. The van der Waals surface area contributed by atoms with Crippen molar-refractivity contribution in [3.8, 4) is 11.5 Å². The number of aliphatic carboxylic acids is 1. The van der Waals surface area contributed by atoms with Crippen molar-refractivity contribution >= 4 is 17.6 Å². The SMILES string of the molecule is COc1cc(NC(=O)C2CC=CCC2C(=O)O)cc(OC)c1. The summed E-state index contributed by atoms with van der Waals surface area (Å²) >= 11 is 0. The molecule has 22 heavy (non-hydrogen) atoms. The molecule has 2 unspecified atom stereocenters. The first-order valence-electron chi connectivity index (χ1n) is 6.97. The molecule has 1 aromatic rings. The van der Waals surface area contributed by atoms with E-state index in [0.29, 0.717) is 30.0 Å². The molecule has 1 aromatic carbocycles. The number of nitrogens with one attached hydrogen (secondary N) is 1. The van der Waals surface area contributed by atoms with Gasteiger partial charge in [-0.05, 0) is 12.8 Å². The van der Waals surface area contributed by atoms with Crippen molar-refractivity contribution in [1.82, 2.24) is 0 Å². The smallest absolute Gasteiger partial charge is 0.307 e. The van der Waals surface area contributed by atoms with Crippen molar-refractivity contribution in [2.45, 2.75) is 12.8 Å². The number of ether oxygens (including phenoxy) is 2. The summed E-state index contributed by atoms with van der Waals surface area (Å²) < 4.78 is 10.3. The number of carbonyl (C=O) groups is 2. The molecule has 118 valence electrons. The Kier molecular flexibility index (Phi) is 5.04. The predicted octanol–water partition coefficient (Wildman–Crippen LogP) is 2.31. The molecule has 1 amide bonds. The number of rotatable bonds is 5. The van der Waals surface area contributed by atoms with Gasteiger partial charge in [0.05, 0.1) is 26.1 Å². The summed E-state index contributed by atoms with van der Waals surface area (Å²) in [4.78, 5) is 23.7. The minimum Gasteiger partial charge on any atom is -0.497 e. The van der Waals surface area contributed by atoms with Crippen molar-refractivity contribution in [3.05, 3.63) is 30.4 Å². The third kappa shape index (κ3) is 3.58. The maximum absolute atomic E-state index is 12.4. The molecule has 1 aliphatic carbocycles. The first-order chi connectivity index (χ1) is 10.5. The van der Waals surface area contributed by atoms with Gasteiger partial charge in [0, 0.05) is 23.9 Å². The normalized spacial score (nSPS) is 20.3. The zero-order valence-corrected chi connectivity index (χ0v) is 12.5. The van der Waals surface area contributed by atoms with Gasteiger partial charge in [-0.15, -0.1) is 0 Å². The predicted molar refractivity (Wildman–Crippen MR) is 81.2 cm³/mol. The van der Waals surface area contributed by atoms with Gasteiger partial charge in [0.2, 0.25) is 5.91 Å².